The van der Waals surface area contributed by atoms with Crippen molar-refractivity contribution in [1.29, 1.82) is 0 Å². The molecule has 2 heteroatoms. The lowest BCUT2D eigenvalue weighted by molar-refractivity contribution is 0.140. The average molecular weight is 210 g/mol. The van der Waals surface area contributed by atoms with Crippen molar-refractivity contribution >= 4 is 0 Å². The minimum atomic E-state index is 0.640. The lowest BCUT2D eigenvalue weighted by Gasteiger charge is -2.32. The zero-order valence-corrected chi connectivity index (χ0v) is 10.6. The Morgan fingerprint density at radius 2 is 1.53 bits per heavy atom. The first-order chi connectivity index (χ1) is 7.33. The highest BCUT2D eigenvalue weighted by molar-refractivity contribution is 4.96. The van der Waals surface area contributed by atoms with Crippen LogP contribution in [0.5, 0.6) is 0 Å². The molecule has 0 radical (unpaired) electrons. The molecule has 0 N–H and O–H groups in total. The normalized spacial score (nSPS) is 20.3. The van der Waals surface area contributed by atoms with E-state index in [2.05, 4.69) is 43.0 Å². The minimum absolute atomic E-state index is 0.640. The van der Waals surface area contributed by atoms with Crippen LogP contribution in [0, 0.1) is 0 Å². The molecular weight excluding hydrogens is 184 g/mol. The molecule has 1 heterocycles. The Morgan fingerprint density at radius 3 is 2.07 bits per heavy atom. The number of rotatable bonds is 7. The van der Waals surface area contributed by atoms with Crippen molar-refractivity contribution in [3.63, 3.8) is 0 Å². The summed E-state index contributed by atoms with van der Waals surface area (Å²) in [6, 6.07) is 0. The molecule has 0 aromatic carbocycles. The van der Waals surface area contributed by atoms with Gasteiger partial charge in [-0.25, -0.2) is 0 Å². The summed E-state index contributed by atoms with van der Waals surface area (Å²) in [5.41, 5.74) is 0. The van der Waals surface area contributed by atoms with Crippen LogP contribution in [0.15, 0.2) is 12.4 Å². The molecule has 2 nitrogen and oxygen atoms in total. The number of hydrogen-bond donors (Lipinski definition) is 0. The summed E-state index contributed by atoms with van der Waals surface area (Å²) < 4.78 is 0. The molecule has 15 heavy (non-hydrogen) atoms. The van der Waals surface area contributed by atoms with E-state index in [0.29, 0.717) is 6.17 Å². The molecule has 1 atom stereocenters. The Kier molecular flexibility index (Phi) is 5.59. The van der Waals surface area contributed by atoms with Gasteiger partial charge in [-0.1, -0.05) is 33.6 Å². The summed E-state index contributed by atoms with van der Waals surface area (Å²) in [5.74, 6) is 0. The van der Waals surface area contributed by atoms with Gasteiger partial charge in [-0.3, -0.25) is 0 Å². The second kappa shape index (κ2) is 6.76. The SMILES string of the molecule is CCCCN1C=CN(CCC)C1CCC. The topological polar surface area (TPSA) is 6.48 Å². The van der Waals surface area contributed by atoms with E-state index in [-0.39, 0.29) is 0 Å². The molecule has 88 valence electrons. The summed E-state index contributed by atoms with van der Waals surface area (Å²) in [7, 11) is 0. The van der Waals surface area contributed by atoms with Crippen molar-refractivity contribution in [3.8, 4) is 0 Å². The van der Waals surface area contributed by atoms with Crippen LogP contribution in [0.1, 0.15) is 52.9 Å². The van der Waals surface area contributed by atoms with Gasteiger partial charge in [-0.15, -0.1) is 0 Å². The Balaban J connectivity index is 2.46. The van der Waals surface area contributed by atoms with Crippen molar-refractivity contribution < 1.29 is 0 Å². The first-order valence-electron chi connectivity index (χ1n) is 6.53. The molecule has 1 aliphatic rings. The molecule has 0 spiro atoms. The molecule has 0 aliphatic carbocycles. The van der Waals surface area contributed by atoms with E-state index in [1.165, 1.54) is 45.2 Å². The second-order valence-electron chi connectivity index (χ2n) is 4.40. The van der Waals surface area contributed by atoms with Crippen molar-refractivity contribution in [3.05, 3.63) is 12.4 Å². The fourth-order valence-electron chi connectivity index (χ4n) is 2.20. The smallest absolute Gasteiger partial charge is 0.101 e. The summed E-state index contributed by atoms with van der Waals surface area (Å²) >= 11 is 0. The molecule has 0 bridgehead atoms. The van der Waals surface area contributed by atoms with Crippen LogP contribution in [0.4, 0.5) is 0 Å². The van der Waals surface area contributed by atoms with Crippen molar-refractivity contribution in [1.82, 2.24) is 9.80 Å². The van der Waals surface area contributed by atoms with Crippen LogP contribution in [-0.2, 0) is 0 Å². The van der Waals surface area contributed by atoms with Crippen LogP contribution >= 0.6 is 0 Å². The number of nitrogens with zero attached hydrogens (tertiary/aromatic N) is 2. The third-order valence-corrected chi connectivity index (χ3v) is 3.01. The fourth-order valence-corrected chi connectivity index (χ4v) is 2.20. The van der Waals surface area contributed by atoms with Crippen LogP contribution in [0.3, 0.4) is 0 Å². The molecule has 0 aromatic rings. The van der Waals surface area contributed by atoms with Gasteiger partial charge in [0.1, 0.15) is 6.17 Å². The first kappa shape index (κ1) is 12.4. The quantitative estimate of drug-likeness (QED) is 0.635. The summed E-state index contributed by atoms with van der Waals surface area (Å²) in [4.78, 5) is 5.02. The predicted octanol–water partition coefficient (Wildman–Crippen LogP) is 3.41. The summed E-state index contributed by atoms with van der Waals surface area (Å²) in [5, 5.41) is 0. The van der Waals surface area contributed by atoms with E-state index < -0.39 is 0 Å². The number of unbranched alkanes of at least 4 members (excludes halogenated alkanes) is 1. The van der Waals surface area contributed by atoms with Gasteiger partial charge >= 0.3 is 0 Å². The van der Waals surface area contributed by atoms with Gasteiger partial charge in [0.2, 0.25) is 0 Å². The van der Waals surface area contributed by atoms with Gasteiger partial charge in [0.05, 0.1) is 0 Å². The Labute approximate surface area is 94.9 Å². The van der Waals surface area contributed by atoms with Gasteiger partial charge in [0.15, 0.2) is 0 Å². The fraction of sp³-hybridized carbons (Fsp3) is 0.846. The third kappa shape index (κ3) is 3.44. The van der Waals surface area contributed by atoms with E-state index in [0.717, 1.165) is 0 Å². The summed E-state index contributed by atoms with van der Waals surface area (Å²) in [6.07, 6.45) is 11.6. The molecule has 1 rings (SSSR count). The van der Waals surface area contributed by atoms with Gasteiger partial charge in [0.25, 0.3) is 0 Å². The third-order valence-electron chi connectivity index (χ3n) is 3.01. The Hall–Kier alpha value is -0.660. The standard InChI is InChI=1S/C13H26N2/c1-4-7-10-15-12-11-14(9-6-3)13(15)8-5-2/h11-13H,4-10H2,1-3H3. The van der Waals surface area contributed by atoms with Crippen molar-refractivity contribution in [2.24, 2.45) is 0 Å². The summed E-state index contributed by atoms with van der Waals surface area (Å²) in [6.45, 7) is 9.21. The van der Waals surface area contributed by atoms with Gasteiger partial charge in [-0.2, -0.15) is 0 Å². The maximum absolute atomic E-state index is 2.52. The van der Waals surface area contributed by atoms with Gasteiger partial charge < -0.3 is 9.80 Å². The first-order valence-corrected chi connectivity index (χ1v) is 6.53. The molecule has 0 amide bonds. The molecule has 1 unspecified atom stereocenters. The Morgan fingerprint density at radius 1 is 0.867 bits per heavy atom. The molecule has 0 fully saturated rings. The highest BCUT2D eigenvalue weighted by atomic mass is 15.4. The van der Waals surface area contributed by atoms with E-state index in [4.69, 9.17) is 0 Å². The maximum atomic E-state index is 2.52. The minimum Gasteiger partial charge on any atom is -0.356 e. The van der Waals surface area contributed by atoms with Gasteiger partial charge in [-0.05, 0) is 19.3 Å². The molecule has 1 aliphatic heterocycles. The lowest BCUT2D eigenvalue weighted by Crippen LogP contribution is -2.39. The van der Waals surface area contributed by atoms with Crippen LogP contribution in [-0.4, -0.2) is 29.1 Å². The molecule has 0 saturated heterocycles. The largest absolute Gasteiger partial charge is 0.356 e. The van der Waals surface area contributed by atoms with Crippen LogP contribution in [0.25, 0.3) is 0 Å². The zero-order chi connectivity index (χ0) is 11.1. The highest BCUT2D eigenvalue weighted by Crippen LogP contribution is 2.20. The van der Waals surface area contributed by atoms with E-state index in [1.54, 1.807) is 0 Å². The van der Waals surface area contributed by atoms with E-state index in [1.807, 2.05) is 0 Å². The highest BCUT2D eigenvalue weighted by Gasteiger charge is 2.23. The van der Waals surface area contributed by atoms with E-state index in [9.17, 15) is 0 Å². The van der Waals surface area contributed by atoms with Crippen molar-refractivity contribution in [2.45, 2.75) is 59.0 Å². The molecule has 0 saturated carbocycles. The van der Waals surface area contributed by atoms with Gasteiger partial charge in [0, 0.05) is 25.5 Å². The lowest BCUT2D eigenvalue weighted by atomic mass is 10.2. The predicted molar refractivity (Wildman–Crippen MR) is 66.4 cm³/mol. The zero-order valence-electron chi connectivity index (χ0n) is 10.6. The maximum Gasteiger partial charge on any atom is 0.101 e. The van der Waals surface area contributed by atoms with Crippen molar-refractivity contribution in [2.75, 3.05) is 13.1 Å². The van der Waals surface area contributed by atoms with E-state index >= 15 is 0 Å². The van der Waals surface area contributed by atoms with Crippen LogP contribution in [0.2, 0.25) is 0 Å². The molecular formula is C13H26N2. The van der Waals surface area contributed by atoms with Crippen LogP contribution < -0.4 is 0 Å². The monoisotopic (exact) mass is 210 g/mol. The molecule has 0 aromatic heterocycles. The average Bonchev–Trinajstić information content (AvgIpc) is 2.60. The number of hydrogen-bond acceptors (Lipinski definition) is 2. The second-order valence-corrected chi connectivity index (χ2v) is 4.40. The Bertz CT molecular complexity index is 189.